The lowest BCUT2D eigenvalue weighted by Crippen LogP contribution is -2.10. The highest BCUT2D eigenvalue weighted by molar-refractivity contribution is 4.58. The molecular formula is C12H26O3. The zero-order valence-electron chi connectivity index (χ0n) is 10.1. The molecule has 0 spiro atoms. The molecule has 1 rings (SSSR count). The van der Waals surface area contributed by atoms with E-state index >= 15 is 0 Å². The fraction of sp³-hybridized carbons (Fsp3) is 1.00. The van der Waals surface area contributed by atoms with E-state index in [2.05, 4.69) is 13.8 Å². The number of unbranched alkanes of at least 4 members (excludes halogenated alkanes) is 3. The quantitative estimate of drug-likeness (QED) is 0.507. The molecule has 1 saturated heterocycles. The molecule has 3 nitrogen and oxygen atoms in total. The highest BCUT2D eigenvalue weighted by atomic mass is 16.6. The number of rotatable bonds is 7. The van der Waals surface area contributed by atoms with Crippen molar-refractivity contribution in [2.75, 3.05) is 19.8 Å². The summed E-state index contributed by atoms with van der Waals surface area (Å²) in [7, 11) is 0. The highest BCUT2D eigenvalue weighted by Crippen LogP contribution is 2.09. The van der Waals surface area contributed by atoms with Crippen molar-refractivity contribution in [3.8, 4) is 0 Å². The molecule has 0 bridgehead atoms. The molecule has 0 aliphatic carbocycles. The van der Waals surface area contributed by atoms with Gasteiger partial charge in [-0.25, -0.2) is 0 Å². The Balaban J connectivity index is 0.000000401. The predicted octanol–water partition coefficient (Wildman–Crippen LogP) is 1.96. The van der Waals surface area contributed by atoms with Gasteiger partial charge in [0.1, 0.15) is 0 Å². The molecule has 0 amide bonds. The highest BCUT2D eigenvalue weighted by Gasteiger charge is 2.13. The fourth-order valence-corrected chi connectivity index (χ4v) is 1.20. The molecule has 0 saturated carbocycles. The standard InChI is InChI=1S/C9H20O2.C3H6O/c1-2-3-4-5-6-9(7-10)8-11;1-3-2-4-3/h9-11H,2-8H2,1H3;3H,2H2,1H3. The van der Waals surface area contributed by atoms with Crippen LogP contribution in [0, 0.1) is 5.92 Å². The summed E-state index contributed by atoms with van der Waals surface area (Å²) in [6, 6.07) is 0. The normalized spacial score (nSPS) is 18.6. The molecule has 2 N–H and O–H groups in total. The van der Waals surface area contributed by atoms with E-state index in [0.717, 1.165) is 19.4 Å². The molecular weight excluding hydrogens is 192 g/mol. The average Bonchev–Trinajstić information content (AvgIpc) is 3.02. The third-order valence-corrected chi connectivity index (χ3v) is 2.48. The summed E-state index contributed by atoms with van der Waals surface area (Å²) in [5, 5.41) is 17.4. The van der Waals surface area contributed by atoms with Crippen LogP contribution in [0.15, 0.2) is 0 Å². The molecule has 3 heteroatoms. The van der Waals surface area contributed by atoms with Crippen LogP contribution in [-0.2, 0) is 4.74 Å². The van der Waals surface area contributed by atoms with Crippen LogP contribution < -0.4 is 0 Å². The van der Waals surface area contributed by atoms with E-state index in [1.54, 1.807) is 0 Å². The van der Waals surface area contributed by atoms with Crippen LogP contribution in [-0.4, -0.2) is 36.1 Å². The van der Waals surface area contributed by atoms with Crippen LogP contribution in [0.5, 0.6) is 0 Å². The second kappa shape index (κ2) is 10.4. The van der Waals surface area contributed by atoms with E-state index in [1.165, 1.54) is 19.3 Å². The second-order valence-corrected chi connectivity index (χ2v) is 4.22. The van der Waals surface area contributed by atoms with Crippen LogP contribution in [0.4, 0.5) is 0 Å². The van der Waals surface area contributed by atoms with Crippen LogP contribution in [0.1, 0.15) is 46.0 Å². The van der Waals surface area contributed by atoms with Gasteiger partial charge < -0.3 is 14.9 Å². The van der Waals surface area contributed by atoms with E-state index in [-0.39, 0.29) is 19.1 Å². The van der Waals surface area contributed by atoms with E-state index in [4.69, 9.17) is 14.9 Å². The van der Waals surface area contributed by atoms with Gasteiger partial charge in [0.25, 0.3) is 0 Å². The van der Waals surface area contributed by atoms with Crippen molar-refractivity contribution in [3.63, 3.8) is 0 Å². The number of aliphatic hydroxyl groups is 2. The summed E-state index contributed by atoms with van der Waals surface area (Å²) < 4.78 is 4.71. The van der Waals surface area contributed by atoms with E-state index in [0.29, 0.717) is 6.10 Å². The van der Waals surface area contributed by atoms with E-state index < -0.39 is 0 Å². The Morgan fingerprint density at radius 2 is 1.73 bits per heavy atom. The lowest BCUT2D eigenvalue weighted by Gasteiger charge is -2.09. The van der Waals surface area contributed by atoms with Crippen molar-refractivity contribution in [2.45, 2.75) is 52.1 Å². The topological polar surface area (TPSA) is 53.0 Å². The van der Waals surface area contributed by atoms with Crippen LogP contribution >= 0.6 is 0 Å². The maximum absolute atomic E-state index is 8.72. The van der Waals surface area contributed by atoms with Gasteiger partial charge in [0, 0.05) is 19.1 Å². The molecule has 0 aromatic carbocycles. The zero-order chi connectivity index (χ0) is 11.5. The molecule has 1 fully saturated rings. The van der Waals surface area contributed by atoms with Gasteiger partial charge in [0.2, 0.25) is 0 Å². The van der Waals surface area contributed by atoms with Crippen LogP contribution in [0.2, 0.25) is 0 Å². The Labute approximate surface area is 93.5 Å². The van der Waals surface area contributed by atoms with E-state index in [9.17, 15) is 0 Å². The lowest BCUT2D eigenvalue weighted by atomic mass is 10.0. The van der Waals surface area contributed by atoms with Crippen molar-refractivity contribution in [1.29, 1.82) is 0 Å². The fourth-order valence-electron chi connectivity index (χ4n) is 1.20. The minimum Gasteiger partial charge on any atom is -0.396 e. The molecule has 1 aliphatic heterocycles. The van der Waals surface area contributed by atoms with Gasteiger partial charge in [-0.15, -0.1) is 0 Å². The molecule has 1 heterocycles. The van der Waals surface area contributed by atoms with Gasteiger partial charge in [0.05, 0.1) is 12.7 Å². The van der Waals surface area contributed by atoms with E-state index in [1.807, 2.05) is 0 Å². The smallest absolute Gasteiger partial charge is 0.0781 e. The van der Waals surface area contributed by atoms with Crippen molar-refractivity contribution in [1.82, 2.24) is 0 Å². The molecule has 15 heavy (non-hydrogen) atoms. The van der Waals surface area contributed by atoms with Crippen molar-refractivity contribution < 1.29 is 14.9 Å². The summed E-state index contributed by atoms with van der Waals surface area (Å²) in [5.41, 5.74) is 0. The Kier molecular flexibility index (Phi) is 10.3. The first-order chi connectivity index (χ1) is 7.24. The monoisotopic (exact) mass is 218 g/mol. The molecule has 0 aromatic rings. The summed E-state index contributed by atoms with van der Waals surface area (Å²) in [6.07, 6.45) is 6.42. The Hall–Kier alpha value is -0.120. The van der Waals surface area contributed by atoms with Gasteiger partial charge in [-0.05, 0) is 13.3 Å². The molecule has 1 atom stereocenters. The number of hydrogen-bond donors (Lipinski definition) is 2. The van der Waals surface area contributed by atoms with Gasteiger partial charge in [-0.2, -0.15) is 0 Å². The van der Waals surface area contributed by atoms with Gasteiger partial charge in [-0.3, -0.25) is 0 Å². The second-order valence-electron chi connectivity index (χ2n) is 4.22. The Morgan fingerprint density at radius 3 is 2.07 bits per heavy atom. The first-order valence-electron chi connectivity index (χ1n) is 6.07. The first-order valence-corrected chi connectivity index (χ1v) is 6.07. The number of aliphatic hydroxyl groups excluding tert-OH is 2. The largest absolute Gasteiger partial charge is 0.396 e. The maximum atomic E-state index is 8.72. The molecule has 1 unspecified atom stereocenters. The minimum absolute atomic E-state index is 0.117. The summed E-state index contributed by atoms with van der Waals surface area (Å²) in [6.45, 7) is 5.47. The number of epoxide rings is 1. The first kappa shape index (κ1) is 14.9. The molecule has 0 aromatic heterocycles. The molecule has 92 valence electrons. The van der Waals surface area contributed by atoms with Crippen molar-refractivity contribution >= 4 is 0 Å². The molecule has 0 radical (unpaired) electrons. The zero-order valence-corrected chi connectivity index (χ0v) is 10.1. The Bertz CT molecular complexity index is 120. The predicted molar refractivity (Wildman–Crippen MR) is 61.8 cm³/mol. The average molecular weight is 218 g/mol. The number of hydrogen-bond acceptors (Lipinski definition) is 3. The SMILES string of the molecule is CC1CO1.CCCCCCC(CO)CO. The maximum Gasteiger partial charge on any atom is 0.0781 e. The molecule has 1 aliphatic rings. The van der Waals surface area contributed by atoms with Crippen LogP contribution in [0.3, 0.4) is 0 Å². The minimum atomic E-state index is 0.117. The summed E-state index contributed by atoms with van der Waals surface area (Å²) >= 11 is 0. The number of ether oxygens (including phenoxy) is 1. The van der Waals surface area contributed by atoms with Crippen LogP contribution in [0.25, 0.3) is 0 Å². The Morgan fingerprint density at radius 1 is 1.20 bits per heavy atom. The third-order valence-electron chi connectivity index (χ3n) is 2.48. The summed E-state index contributed by atoms with van der Waals surface area (Å²) in [4.78, 5) is 0. The lowest BCUT2D eigenvalue weighted by molar-refractivity contribution is 0.141. The third kappa shape index (κ3) is 11.8. The van der Waals surface area contributed by atoms with Crippen molar-refractivity contribution in [2.24, 2.45) is 5.92 Å². The summed E-state index contributed by atoms with van der Waals surface area (Å²) in [5.74, 6) is 0.117. The van der Waals surface area contributed by atoms with Gasteiger partial charge in [-0.1, -0.05) is 32.6 Å². The van der Waals surface area contributed by atoms with Crippen molar-refractivity contribution in [3.05, 3.63) is 0 Å². The van der Waals surface area contributed by atoms with Gasteiger partial charge >= 0.3 is 0 Å². The van der Waals surface area contributed by atoms with Gasteiger partial charge in [0.15, 0.2) is 0 Å².